The summed E-state index contributed by atoms with van der Waals surface area (Å²) in [7, 11) is 5.82. The Labute approximate surface area is 152 Å². The van der Waals surface area contributed by atoms with Gasteiger partial charge in [0, 0.05) is 51.8 Å². The molecule has 7 heteroatoms. The van der Waals surface area contributed by atoms with Crippen LogP contribution in [-0.2, 0) is 25.4 Å². The molecule has 0 aliphatic carbocycles. The average molecular weight is 352 g/mol. The third-order valence-corrected chi connectivity index (χ3v) is 5.33. The van der Waals surface area contributed by atoms with Crippen molar-refractivity contribution in [2.45, 2.75) is 19.0 Å². The summed E-state index contributed by atoms with van der Waals surface area (Å²) in [5.41, 5.74) is 3.24. The van der Waals surface area contributed by atoms with Crippen LogP contribution in [0.3, 0.4) is 0 Å². The summed E-state index contributed by atoms with van der Waals surface area (Å²) < 4.78 is 3.91. The predicted octanol–water partition coefficient (Wildman–Crippen LogP) is 1.62. The monoisotopic (exact) mass is 352 g/mol. The van der Waals surface area contributed by atoms with Crippen LogP contribution in [0.15, 0.2) is 36.7 Å². The second-order valence-corrected chi connectivity index (χ2v) is 7.07. The Bertz CT molecular complexity index is 943. The Morgan fingerprint density at radius 2 is 2.04 bits per heavy atom. The summed E-state index contributed by atoms with van der Waals surface area (Å²) in [4.78, 5) is 18.8. The number of para-hydroxylation sites is 2. The molecular weight excluding hydrogens is 328 g/mol. The maximum atomic E-state index is 12.2. The minimum Gasteiger partial charge on any atom is -0.338 e. The zero-order valence-electron chi connectivity index (χ0n) is 15.4. The molecule has 0 saturated carbocycles. The minimum atomic E-state index is 0.0733. The van der Waals surface area contributed by atoms with Crippen LogP contribution in [0.1, 0.15) is 23.9 Å². The van der Waals surface area contributed by atoms with Crippen LogP contribution in [0.5, 0.6) is 0 Å². The molecule has 7 nitrogen and oxygen atoms in total. The van der Waals surface area contributed by atoms with Crippen LogP contribution in [-0.4, -0.2) is 43.7 Å². The van der Waals surface area contributed by atoms with E-state index in [1.807, 2.05) is 56.6 Å². The number of imidazole rings is 1. The van der Waals surface area contributed by atoms with E-state index < -0.39 is 0 Å². The molecule has 2 atom stereocenters. The van der Waals surface area contributed by atoms with Crippen molar-refractivity contribution >= 4 is 16.9 Å². The number of amides is 1. The molecule has 1 aliphatic heterocycles. The SMILES string of the molecule is CN1C(=O)C[C@@H](CNCc2nc3ccccc3n2C)[C@@H]1c1cnn(C)c1. The van der Waals surface area contributed by atoms with Crippen molar-refractivity contribution in [3.05, 3.63) is 48.0 Å². The number of fused-ring (bicyclic) bond motifs is 1. The van der Waals surface area contributed by atoms with Gasteiger partial charge < -0.3 is 14.8 Å². The number of nitrogens with zero attached hydrogens (tertiary/aromatic N) is 5. The van der Waals surface area contributed by atoms with E-state index in [2.05, 4.69) is 21.0 Å². The van der Waals surface area contributed by atoms with Gasteiger partial charge in [-0.05, 0) is 12.1 Å². The van der Waals surface area contributed by atoms with Gasteiger partial charge in [-0.3, -0.25) is 9.48 Å². The fourth-order valence-corrected chi connectivity index (χ4v) is 3.95. The van der Waals surface area contributed by atoms with Gasteiger partial charge in [0.05, 0.1) is 29.8 Å². The van der Waals surface area contributed by atoms with Gasteiger partial charge in [0.2, 0.25) is 5.91 Å². The maximum absolute atomic E-state index is 12.2. The number of carbonyl (C=O) groups is 1. The lowest BCUT2D eigenvalue weighted by atomic mass is 9.96. The first-order valence-electron chi connectivity index (χ1n) is 8.90. The minimum absolute atomic E-state index is 0.0733. The Morgan fingerprint density at radius 3 is 2.77 bits per heavy atom. The van der Waals surface area contributed by atoms with Gasteiger partial charge >= 0.3 is 0 Å². The van der Waals surface area contributed by atoms with E-state index in [4.69, 9.17) is 4.98 Å². The summed E-state index contributed by atoms with van der Waals surface area (Å²) in [6, 6.07) is 8.21. The van der Waals surface area contributed by atoms with E-state index in [1.165, 1.54) is 0 Å². The summed E-state index contributed by atoms with van der Waals surface area (Å²) in [6.45, 7) is 1.44. The van der Waals surface area contributed by atoms with E-state index in [1.54, 1.807) is 4.68 Å². The first-order chi connectivity index (χ1) is 12.5. The first kappa shape index (κ1) is 16.8. The molecule has 1 aliphatic rings. The standard InChI is InChI=1S/C19H24N6O/c1-23-12-14(10-21-23)19-13(8-18(26)25(19)3)9-20-11-17-22-15-6-4-5-7-16(15)24(17)2/h4-7,10,12-13,19-20H,8-9,11H2,1-3H3/t13-,19+/m0/s1. The molecule has 26 heavy (non-hydrogen) atoms. The van der Waals surface area contributed by atoms with E-state index in [0.29, 0.717) is 13.0 Å². The number of hydrogen-bond acceptors (Lipinski definition) is 4. The third kappa shape index (κ3) is 2.88. The van der Waals surface area contributed by atoms with Crippen LogP contribution in [0, 0.1) is 5.92 Å². The largest absolute Gasteiger partial charge is 0.338 e. The van der Waals surface area contributed by atoms with Crippen molar-refractivity contribution in [1.82, 2.24) is 29.5 Å². The highest BCUT2D eigenvalue weighted by Crippen LogP contribution is 2.36. The molecule has 0 bridgehead atoms. The highest BCUT2D eigenvalue weighted by Gasteiger charge is 2.38. The average Bonchev–Trinajstić information content (AvgIpc) is 3.26. The molecule has 1 fully saturated rings. The lowest BCUT2D eigenvalue weighted by Crippen LogP contribution is -2.29. The molecule has 3 heterocycles. The van der Waals surface area contributed by atoms with Gasteiger partial charge in [0.15, 0.2) is 0 Å². The fraction of sp³-hybridized carbons (Fsp3) is 0.421. The molecule has 1 amide bonds. The van der Waals surface area contributed by atoms with Crippen LogP contribution >= 0.6 is 0 Å². The number of aryl methyl sites for hydroxylation is 2. The van der Waals surface area contributed by atoms with Gasteiger partial charge in [-0.25, -0.2) is 4.98 Å². The molecule has 3 aromatic rings. The highest BCUT2D eigenvalue weighted by atomic mass is 16.2. The lowest BCUT2D eigenvalue weighted by Gasteiger charge is -2.24. The molecule has 1 saturated heterocycles. The van der Waals surface area contributed by atoms with Crippen molar-refractivity contribution in [3.8, 4) is 0 Å². The molecule has 0 spiro atoms. The zero-order valence-corrected chi connectivity index (χ0v) is 15.4. The molecule has 1 N–H and O–H groups in total. The van der Waals surface area contributed by atoms with Crippen molar-refractivity contribution in [1.29, 1.82) is 0 Å². The van der Waals surface area contributed by atoms with E-state index >= 15 is 0 Å². The predicted molar refractivity (Wildman–Crippen MR) is 99.2 cm³/mol. The van der Waals surface area contributed by atoms with Crippen LogP contribution in [0.25, 0.3) is 11.0 Å². The third-order valence-electron chi connectivity index (χ3n) is 5.33. The van der Waals surface area contributed by atoms with Gasteiger partial charge in [-0.15, -0.1) is 0 Å². The summed E-state index contributed by atoms with van der Waals surface area (Å²) >= 11 is 0. The molecule has 0 unspecified atom stereocenters. The van der Waals surface area contributed by atoms with Crippen molar-refractivity contribution < 1.29 is 4.79 Å². The Balaban J connectivity index is 1.46. The normalized spacial score (nSPS) is 20.4. The van der Waals surface area contributed by atoms with Crippen molar-refractivity contribution in [2.24, 2.45) is 20.0 Å². The number of aromatic nitrogens is 4. The summed E-state index contributed by atoms with van der Waals surface area (Å²) in [6.07, 6.45) is 4.42. The summed E-state index contributed by atoms with van der Waals surface area (Å²) in [5.74, 6) is 1.42. The van der Waals surface area contributed by atoms with Gasteiger partial charge in [0.1, 0.15) is 5.82 Å². The zero-order chi connectivity index (χ0) is 18.3. The molecule has 136 valence electrons. The number of nitrogens with one attached hydrogen (secondary N) is 1. The molecule has 2 aromatic heterocycles. The Morgan fingerprint density at radius 1 is 1.23 bits per heavy atom. The molecule has 4 rings (SSSR count). The fourth-order valence-electron chi connectivity index (χ4n) is 3.95. The van der Waals surface area contributed by atoms with Crippen molar-refractivity contribution in [2.75, 3.05) is 13.6 Å². The van der Waals surface area contributed by atoms with Gasteiger partial charge in [0.25, 0.3) is 0 Å². The number of hydrogen-bond donors (Lipinski definition) is 1. The van der Waals surface area contributed by atoms with Crippen LogP contribution < -0.4 is 5.32 Å². The molecular formula is C19H24N6O. The molecule has 1 aromatic carbocycles. The first-order valence-corrected chi connectivity index (χ1v) is 8.90. The number of benzene rings is 1. The number of likely N-dealkylation sites (tertiary alicyclic amines) is 1. The topological polar surface area (TPSA) is 68.0 Å². The van der Waals surface area contributed by atoms with E-state index in [9.17, 15) is 4.79 Å². The second-order valence-electron chi connectivity index (χ2n) is 7.07. The number of rotatable bonds is 5. The van der Waals surface area contributed by atoms with E-state index in [0.717, 1.165) is 29.0 Å². The van der Waals surface area contributed by atoms with Crippen molar-refractivity contribution in [3.63, 3.8) is 0 Å². The van der Waals surface area contributed by atoms with Gasteiger partial charge in [-0.1, -0.05) is 12.1 Å². The maximum Gasteiger partial charge on any atom is 0.223 e. The van der Waals surface area contributed by atoms with Crippen LogP contribution in [0.4, 0.5) is 0 Å². The van der Waals surface area contributed by atoms with Gasteiger partial charge in [-0.2, -0.15) is 5.10 Å². The Kier molecular flexibility index (Phi) is 4.24. The molecule has 0 radical (unpaired) electrons. The van der Waals surface area contributed by atoms with Crippen LogP contribution in [0.2, 0.25) is 0 Å². The van der Waals surface area contributed by atoms with E-state index in [-0.39, 0.29) is 17.9 Å². The number of carbonyl (C=O) groups excluding carboxylic acids is 1. The highest BCUT2D eigenvalue weighted by molar-refractivity contribution is 5.79. The second kappa shape index (κ2) is 6.57. The summed E-state index contributed by atoms with van der Waals surface area (Å²) in [5, 5.41) is 7.77. The smallest absolute Gasteiger partial charge is 0.223 e. The lowest BCUT2D eigenvalue weighted by molar-refractivity contribution is -0.127. The quantitative estimate of drug-likeness (QED) is 0.758. The Hall–Kier alpha value is -2.67.